The Hall–Kier alpha value is -2.29. The van der Waals surface area contributed by atoms with E-state index in [1.54, 1.807) is 12.1 Å². The Balaban J connectivity index is 1.31. The maximum absolute atomic E-state index is 12.6. The Morgan fingerprint density at radius 2 is 1.21 bits per heavy atom. The Labute approximate surface area is 232 Å². The molecule has 0 spiro atoms. The summed E-state index contributed by atoms with van der Waals surface area (Å²) in [6.45, 7) is 5.24. The quantitative estimate of drug-likeness (QED) is 0.111. The fraction of sp³-hybridized carbons (Fsp3) is 0.629. The lowest BCUT2D eigenvalue weighted by Crippen LogP contribution is -2.15. The number of carbonyl (C=O) groups is 1. The summed E-state index contributed by atoms with van der Waals surface area (Å²) < 4.78 is 11.4. The predicted molar refractivity (Wildman–Crippen MR) is 159 cm³/mol. The molecule has 0 heterocycles. The summed E-state index contributed by atoms with van der Waals surface area (Å²) in [5, 5.41) is 0. The van der Waals surface area contributed by atoms with Crippen LogP contribution >= 0.6 is 0 Å². The number of aryl methyl sites for hydroxylation is 1. The van der Waals surface area contributed by atoms with Gasteiger partial charge < -0.3 is 9.47 Å². The van der Waals surface area contributed by atoms with E-state index in [9.17, 15) is 4.79 Å². The van der Waals surface area contributed by atoms with Crippen molar-refractivity contribution in [3.05, 3.63) is 59.7 Å². The first kappa shape index (κ1) is 30.3. The van der Waals surface area contributed by atoms with E-state index < -0.39 is 0 Å². The van der Waals surface area contributed by atoms with Crippen LogP contribution in [0.2, 0.25) is 0 Å². The average molecular weight is 521 g/mol. The summed E-state index contributed by atoms with van der Waals surface area (Å²) in [7, 11) is 0. The van der Waals surface area contributed by atoms with E-state index in [-0.39, 0.29) is 5.97 Å². The first-order valence-corrected chi connectivity index (χ1v) is 15.7. The maximum Gasteiger partial charge on any atom is 0.343 e. The lowest BCUT2D eigenvalue weighted by molar-refractivity contribution is 0.0734. The Kier molecular flexibility index (Phi) is 14.4. The van der Waals surface area contributed by atoms with Gasteiger partial charge >= 0.3 is 5.97 Å². The van der Waals surface area contributed by atoms with Crippen LogP contribution in [0.1, 0.15) is 133 Å². The molecular weight excluding hydrogens is 468 g/mol. The molecule has 2 aromatic carbocycles. The van der Waals surface area contributed by atoms with Crippen molar-refractivity contribution in [3.8, 4) is 11.5 Å². The van der Waals surface area contributed by atoms with Gasteiger partial charge in [0.2, 0.25) is 0 Å². The molecule has 0 N–H and O–H groups in total. The minimum atomic E-state index is -0.328. The molecule has 0 radical (unpaired) electrons. The van der Waals surface area contributed by atoms with E-state index in [2.05, 4.69) is 26.0 Å². The number of rotatable bonds is 18. The van der Waals surface area contributed by atoms with E-state index in [1.165, 1.54) is 102 Å². The van der Waals surface area contributed by atoms with Crippen molar-refractivity contribution < 1.29 is 14.3 Å². The van der Waals surface area contributed by atoms with Gasteiger partial charge in [-0.15, -0.1) is 0 Å². The molecular formula is C35H52O3. The fourth-order valence-corrected chi connectivity index (χ4v) is 5.69. The van der Waals surface area contributed by atoms with Crippen LogP contribution in [0.15, 0.2) is 48.5 Å². The van der Waals surface area contributed by atoms with Crippen LogP contribution in [0.4, 0.5) is 0 Å². The summed E-state index contributed by atoms with van der Waals surface area (Å²) in [6, 6.07) is 15.4. The fourth-order valence-electron chi connectivity index (χ4n) is 5.69. The molecule has 1 aliphatic rings. The molecule has 210 valence electrons. The molecule has 0 aliphatic heterocycles. The molecule has 0 saturated heterocycles. The van der Waals surface area contributed by atoms with Crippen LogP contribution in [-0.2, 0) is 6.42 Å². The second-order valence-corrected chi connectivity index (χ2v) is 11.4. The van der Waals surface area contributed by atoms with Crippen LogP contribution in [0.5, 0.6) is 11.5 Å². The van der Waals surface area contributed by atoms with E-state index in [1.807, 2.05) is 24.3 Å². The molecule has 1 saturated carbocycles. The van der Waals surface area contributed by atoms with Crippen LogP contribution in [0, 0.1) is 11.8 Å². The molecule has 38 heavy (non-hydrogen) atoms. The Morgan fingerprint density at radius 3 is 1.84 bits per heavy atom. The van der Waals surface area contributed by atoms with Gasteiger partial charge in [-0.1, -0.05) is 116 Å². The third-order valence-electron chi connectivity index (χ3n) is 8.26. The highest BCUT2D eigenvalue weighted by Crippen LogP contribution is 2.34. The van der Waals surface area contributed by atoms with E-state index >= 15 is 0 Å². The van der Waals surface area contributed by atoms with Gasteiger partial charge in [0, 0.05) is 0 Å². The highest BCUT2D eigenvalue weighted by Gasteiger charge is 2.20. The van der Waals surface area contributed by atoms with E-state index in [4.69, 9.17) is 9.47 Å². The predicted octanol–water partition coefficient (Wildman–Crippen LogP) is 10.4. The topological polar surface area (TPSA) is 35.5 Å². The highest BCUT2D eigenvalue weighted by molar-refractivity contribution is 5.91. The van der Waals surface area contributed by atoms with E-state index in [0.717, 1.165) is 37.0 Å². The van der Waals surface area contributed by atoms with Crippen molar-refractivity contribution in [1.29, 1.82) is 0 Å². The van der Waals surface area contributed by atoms with Gasteiger partial charge in [0.15, 0.2) is 0 Å². The number of hydrogen-bond donors (Lipinski definition) is 0. The van der Waals surface area contributed by atoms with Gasteiger partial charge in [0.05, 0.1) is 12.2 Å². The molecule has 1 aliphatic carbocycles. The molecule has 0 bridgehead atoms. The third kappa shape index (κ3) is 11.6. The number of hydrogen-bond acceptors (Lipinski definition) is 3. The van der Waals surface area contributed by atoms with Crippen molar-refractivity contribution in [2.24, 2.45) is 11.8 Å². The van der Waals surface area contributed by atoms with Crippen molar-refractivity contribution in [2.75, 3.05) is 6.61 Å². The van der Waals surface area contributed by atoms with Gasteiger partial charge in [0.1, 0.15) is 11.5 Å². The summed E-state index contributed by atoms with van der Waals surface area (Å²) in [6.07, 6.45) is 22.6. The van der Waals surface area contributed by atoms with E-state index in [0.29, 0.717) is 11.3 Å². The maximum atomic E-state index is 12.6. The minimum Gasteiger partial charge on any atom is -0.494 e. The monoisotopic (exact) mass is 520 g/mol. The number of ether oxygens (including phenoxy) is 2. The normalized spacial score (nSPS) is 17.3. The molecule has 2 aromatic rings. The van der Waals surface area contributed by atoms with Gasteiger partial charge in [0.25, 0.3) is 0 Å². The molecule has 0 unspecified atom stereocenters. The van der Waals surface area contributed by atoms with Crippen molar-refractivity contribution >= 4 is 5.97 Å². The average Bonchev–Trinajstić information content (AvgIpc) is 2.95. The number of benzene rings is 2. The van der Waals surface area contributed by atoms with Crippen molar-refractivity contribution in [1.82, 2.24) is 0 Å². The zero-order chi connectivity index (χ0) is 26.8. The van der Waals surface area contributed by atoms with Gasteiger partial charge in [-0.05, 0) is 73.1 Å². The van der Waals surface area contributed by atoms with Crippen LogP contribution in [-0.4, -0.2) is 12.6 Å². The lowest BCUT2D eigenvalue weighted by atomic mass is 9.78. The minimum absolute atomic E-state index is 0.328. The SMILES string of the molecule is CCCCCCCOc1ccc(C(=O)Oc2ccc(CC[C@H]3CC[C@H](CCCCCCC)CC3)cc2)cc1. The van der Waals surface area contributed by atoms with Gasteiger partial charge in [-0.2, -0.15) is 0 Å². The lowest BCUT2D eigenvalue weighted by Gasteiger charge is -2.28. The molecule has 1 fully saturated rings. The Morgan fingerprint density at radius 1 is 0.658 bits per heavy atom. The number of unbranched alkanes of at least 4 members (excludes halogenated alkanes) is 8. The van der Waals surface area contributed by atoms with Crippen LogP contribution in [0.25, 0.3) is 0 Å². The number of esters is 1. The Bertz CT molecular complexity index is 878. The molecule has 0 atom stereocenters. The van der Waals surface area contributed by atoms with Crippen molar-refractivity contribution in [2.45, 2.75) is 123 Å². The molecule has 3 rings (SSSR count). The molecule has 3 nitrogen and oxygen atoms in total. The first-order valence-electron chi connectivity index (χ1n) is 15.7. The smallest absolute Gasteiger partial charge is 0.343 e. The summed E-state index contributed by atoms with van der Waals surface area (Å²) >= 11 is 0. The van der Waals surface area contributed by atoms with Crippen LogP contribution in [0.3, 0.4) is 0 Å². The highest BCUT2D eigenvalue weighted by atomic mass is 16.5. The summed E-state index contributed by atoms with van der Waals surface area (Å²) in [5.74, 6) is 2.93. The first-order chi connectivity index (χ1) is 18.7. The van der Waals surface area contributed by atoms with Gasteiger partial charge in [-0.25, -0.2) is 4.79 Å². The van der Waals surface area contributed by atoms with Crippen LogP contribution < -0.4 is 9.47 Å². The second-order valence-electron chi connectivity index (χ2n) is 11.4. The molecule has 3 heteroatoms. The standard InChI is InChI=1S/C35H52O3/c1-3-5-7-9-11-13-29-14-16-30(17-15-29)18-19-31-20-24-34(25-21-31)38-35(36)32-22-26-33(27-23-32)37-28-12-10-8-6-4-2/h20-27,29-30H,3-19,28H2,1-2H3/t29-,30-. The summed E-state index contributed by atoms with van der Waals surface area (Å²) in [4.78, 5) is 12.6. The zero-order valence-corrected chi connectivity index (χ0v) is 24.2. The number of carbonyl (C=O) groups excluding carboxylic acids is 1. The zero-order valence-electron chi connectivity index (χ0n) is 24.2. The molecule has 0 aromatic heterocycles. The largest absolute Gasteiger partial charge is 0.494 e. The summed E-state index contributed by atoms with van der Waals surface area (Å²) in [5.41, 5.74) is 1.87. The third-order valence-corrected chi connectivity index (χ3v) is 8.26. The second kappa shape index (κ2) is 18.1. The molecule has 0 amide bonds. The van der Waals surface area contributed by atoms with Crippen molar-refractivity contribution in [3.63, 3.8) is 0 Å². The van der Waals surface area contributed by atoms with Gasteiger partial charge in [-0.3, -0.25) is 0 Å².